The van der Waals surface area contributed by atoms with E-state index in [-0.39, 0.29) is 0 Å². The highest BCUT2D eigenvalue weighted by molar-refractivity contribution is 5.64. The molecule has 1 aliphatic carbocycles. The Kier molecular flexibility index (Phi) is 3.71. The standard InChI is InChI=1S/C15H15N.C2H6/c1-11-8-13-10-12(2)16(15(13)9-11)14-6-4-3-5-7-14;1-2/h3-8,10H,9H2,1-2H3;1-2H3. The van der Waals surface area contributed by atoms with Gasteiger partial charge in [-0.3, -0.25) is 0 Å². The number of nitrogens with zero attached hydrogens (tertiary/aromatic N) is 1. The molecule has 0 bridgehead atoms. The average molecular weight is 239 g/mol. The molecule has 0 unspecified atom stereocenters. The number of benzene rings is 1. The molecule has 0 aliphatic heterocycles. The zero-order valence-corrected chi connectivity index (χ0v) is 11.7. The first-order chi connectivity index (χ1) is 8.75. The second-order valence-corrected chi connectivity index (χ2v) is 4.53. The van der Waals surface area contributed by atoms with E-state index < -0.39 is 0 Å². The lowest BCUT2D eigenvalue weighted by atomic mass is 10.2. The number of aryl methyl sites for hydroxylation is 1. The maximum absolute atomic E-state index is 2.36. The zero-order chi connectivity index (χ0) is 13.1. The Hall–Kier alpha value is -1.76. The van der Waals surface area contributed by atoms with Gasteiger partial charge < -0.3 is 4.57 Å². The van der Waals surface area contributed by atoms with Crippen LogP contribution in [-0.2, 0) is 6.42 Å². The maximum atomic E-state index is 2.36. The van der Waals surface area contributed by atoms with E-state index in [2.05, 4.69) is 60.9 Å². The van der Waals surface area contributed by atoms with Crippen molar-refractivity contribution in [3.63, 3.8) is 0 Å². The lowest BCUT2D eigenvalue weighted by Gasteiger charge is -2.10. The summed E-state index contributed by atoms with van der Waals surface area (Å²) in [6, 6.07) is 12.9. The molecule has 1 heteroatoms. The minimum atomic E-state index is 1.08. The van der Waals surface area contributed by atoms with Crippen LogP contribution in [0.1, 0.15) is 37.7 Å². The van der Waals surface area contributed by atoms with Gasteiger partial charge in [0.2, 0.25) is 0 Å². The third-order valence-corrected chi connectivity index (χ3v) is 3.18. The van der Waals surface area contributed by atoms with Crippen LogP contribution in [0.4, 0.5) is 0 Å². The van der Waals surface area contributed by atoms with Crippen molar-refractivity contribution in [2.75, 3.05) is 0 Å². The van der Waals surface area contributed by atoms with Gasteiger partial charge in [0.25, 0.3) is 0 Å². The van der Waals surface area contributed by atoms with E-state index in [1.54, 1.807) is 0 Å². The topological polar surface area (TPSA) is 4.93 Å². The van der Waals surface area contributed by atoms with Crippen molar-refractivity contribution in [3.8, 4) is 5.69 Å². The van der Waals surface area contributed by atoms with E-state index in [1.807, 2.05) is 13.8 Å². The van der Waals surface area contributed by atoms with Gasteiger partial charge in [0.15, 0.2) is 0 Å². The Bertz CT molecular complexity index is 559. The van der Waals surface area contributed by atoms with Crippen molar-refractivity contribution in [2.24, 2.45) is 0 Å². The average Bonchev–Trinajstić information content (AvgIpc) is 2.87. The molecule has 1 aromatic carbocycles. The fraction of sp³-hybridized carbons (Fsp3) is 0.294. The first-order valence-corrected chi connectivity index (χ1v) is 6.69. The predicted molar refractivity (Wildman–Crippen MR) is 79.2 cm³/mol. The Balaban J connectivity index is 0.000000574. The van der Waals surface area contributed by atoms with Crippen molar-refractivity contribution in [1.82, 2.24) is 4.57 Å². The molecule has 94 valence electrons. The second-order valence-electron chi connectivity index (χ2n) is 4.53. The van der Waals surface area contributed by atoms with Crippen molar-refractivity contribution in [2.45, 2.75) is 34.1 Å². The quantitative estimate of drug-likeness (QED) is 0.675. The molecule has 0 atom stereocenters. The van der Waals surface area contributed by atoms with Crippen LogP contribution in [0.25, 0.3) is 11.8 Å². The van der Waals surface area contributed by atoms with Crippen LogP contribution in [0.5, 0.6) is 0 Å². The van der Waals surface area contributed by atoms with Gasteiger partial charge in [0, 0.05) is 23.5 Å². The molecule has 1 heterocycles. The van der Waals surface area contributed by atoms with Crippen LogP contribution >= 0.6 is 0 Å². The maximum Gasteiger partial charge on any atom is 0.0455 e. The summed E-state index contributed by atoms with van der Waals surface area (Å²) in [6.07, 6.45) is 3.37. The molecule has 0 fully saturated rings. The molecule has 1 aliphatic rings. The van der Waals surface area contributed by atoms with Crippen molar-refractivity contribution in [1.29, 1.82) is 0 Å². The number of rotatable bonds is 1. The number of allylic oxidation sites excluding steroid dienone is 1. The summed E-state index contributed by atoms with van der Waals surface area (Å²) in [4.78, 5) is 0. The Morgan fingerprint density at radius 2 is 1.67 bits per heavy atom. The molecule has 0 amide bonds. The number of hydrogen-bond donors (Lipinski definition) is 0. The van der Waals surface area contributed by atoms with Gasteiger partial charge in [-0.15, -0.1) is 0 Å². The molecule has 18 heavy (non-hydrogen) atoms. The Morgan fingerprint density at radius 3 is 2.33 bits per heavy atom. The van der Waals surface area contributed by atoms with Gasteiger partial charge in [0.05, 0.1) is 0 Å². The van der Waals surface area contributed by atoms with Gasteiger partial charge in [-0.2, -0.15) is 0 Å². The molecule has 0 radical (unpaired) electrons. The third kappa shape index (κ3) is 2.13. The first kappa shape index (κ1) is 12.7. The summed E-state index contributed by atoms with van der Waals surface area (Å²) < 4.78 is 2.36. The van der Waals surface area contributed by atoms with Crippen molar-refractivity contribution in [3.05, 3.63) is 58.9 Å². The number of para-hydroxylation sites is 1. The number of hydrogen-bond acceptors (Lipinski definition) is 0. The molecule has 0 N–H and O–H groups in total. The minimum Gasteiger partial charge on any atom is -0.317 e. The molecule has 0 saturated heterocycles. The summed E-state index contributed by atoms with van der Waals surface area (Å²) in [7, 11) is 0. The summed E-state index contributed by atoms with van der Waals surface area (Å²) in [6.45, 7) is 8.37. The Morgan fingerprint density at radius 1 is 1.00 bits per heavy atom. The summed E-state index contributed by atoms with van der Waals surface area (Å²) in [5.41, 5.74) is 6.86. The lowest BCUT2D eigenvalue weighted by molar-refractivity contribution is 0.925. The molecular weight excluding hydrogens is 218 g/mol. The van der Waals surface area contributed by atoms with Crippen molar-refractivity contribution < 1.29 is 0 Å². The van der Waals surface area contributed by atoms with Crippen LogP contribution in [0.2, 0.25) is 0 Å². The molecule has 2 aromatic rings. The van der Waals surface area contributed by atoms with Gasteiger partial charge >= 0.3 is 0 Å². The van der Waals surface area contributed by atoms with Gasteiger partial charge in [-0.1, -0.05) is 43.7 Å². The van der Waals surface area contributed by atoms with Crippen LogP contribution < -0.4 is 0 Å². The zero-order valence-electron chi connectivity index (χ0n) is 11.7. The van der Waals surface area contributed by atoms with E-state index in [1.165, 1.54) is 28.2 Å². The highest BCUT2D eigenvalue weighted by Crippen LogP contribution is 2.30. The predicted octanol–water partition coefficient (Wildman–Crippen LogP) is 4.77. The van der Waals surface area contributed by atoms with Crippen LogP contribution in [-0.4, -0.2) is 4.57 Å². The SMILES string of the molecule is CC.CC1=Cc2cc(C)n(-c3ccccc3)c2C1. The summed E-state index contributed by atoms with van der Waals surface area (Å²) in [5, 5.41) is 0. The summed E-state index contributed by atoms with van der Waals surface area (Å²) in [5.74, 6) is 0. The fourth-order valence-corrected chi connectivity index (χ4v) is 2.54. The monoisotopic (exact) mass is 239 g/mol. The molecule has 3 rings (SSSR count). The molecule has 1 aromatic heterocycles. The van der Waals surface area contributed by atoms with Crippen LogP contribution in [0.15, 0.2) is 42.0 Å². The normalized spacial score (nSPS) is 12.6. The fourth-order valence-electron chi connectivity index (χ4n) is 2.54. The van der Waals surface area contributed by atoms with Gasteiger partial charge in [-0.25, -0.2) is 0 Å². The molecular formula is C17H21N. The van der Waals surface area contributed by atoms with Crippen LogP contribution in [0.3, 0.4) is 0 Å². The smallest absolute Gasteiger partial charge is 0.0455 e. The van der Waals surface area contributed by atoms with E-state index in [0.717, 1.165) is 6.42 Å². The van der Waals surface area contributed by atoms with E-state index in [4.69, 9.17) is 0 Å². The van der Waals surface area contributed by atoms with E-state index in [9.17, 15) is 0 Å². The second kappa shape index (κ2) is 5.26. The molecule has 0 saturated carbocycles. The van der Waals surface area contributed by atoms with E-state index >= 15 is 0 Å². The first-order valence-electron chi connectivity index (χ1n) is 6.69. The highest BCUT2D eigenvalue weighted by Gasteiger charge is 2.17. The minimum absolute atomic E-state index is 1.08. The largest absolute Gasteiger partial charge is 0.317 e. The third-order valence-electron chi connectivity index (χ3n) is 3.18. The summed E-state index contributed by atoms with van der Waals surface area (Å²) >= 11 is 0. The molecule has 0 spiro atoms. The number of fused-ring (bicyclic) bond motifs is 1. The Labute approximate surface area is 110 Å². The van der Waals surface area contributed by atoms with Gasteiger partial charge in [-0.05, 0) is 37.6 Å². The van der Waals surface area contributed by atoms with Gasteiger partial charge in [0.1, 0.15) is 0 Å². The highest BCUT2D eigenvalue weighted by atomic mass is 15.0. The lowest BCUT2D eigenvalue weighted by Crippen LogP contribution is -2.01. The molecule has 1 nitrogen and oxygen atoms in total. The van der Waals surface area contributed by atoms with E-state index in [0.29, 0.717) is 0 Å². The van der Waals surface area contributed by atoms with Crippen molar-refractivity contribution >= 4 is 6.08 Å². The van der Waals surface area contributed by atoms with Crippen LogP contribution in [0, 0.1) is 6.92 Å². The number of aromatic nitrogens is 1.